The van der Waals surface area contributed by atoms with Crippen molar-refractivity contribution in [3.05, 3.63) is 54.2 Å². The van der Waals surface area contributed by atoms with Crippen LogP contribution < -0.4 is 5.73 Å². The Hall–Kier alpha value is -2.42. The minimum atomic E-state index is -0.0591. The number of nitrogens with zero attached hydrogens (tertiary/aromatic N) is 2. The lowest BCUT2D eigenvalue weighted by atomic mass is 9.91. The number of benzene rings is 2. The minimum absolute atomic E-state index is 0.0591. The van der Waals surface area contributed by atoms with Crippen LogP contribution in [0.2, 0.25) is 0 Å². The van der Waals surface area contributed by atoms with Gasteiger partial charge in [0.1, 0.15) is 5.82 Å². The van der Waals surface area contributed by atoms with E-state index in [9.17, 15) is 0 Å². The summed E-state index contributed by atoms with van der Waals surface area (Å²) in [5.74, 6) is 1.20. The smallest absolute Gasteiger partial charge is 0.162 e. The number of rotatable bonds is 1. The van der Waals surface area contributed by atoms with Gasteiger partial charge in [0.05, 0.1) is 5.69 Å². The number of hydrogen-bond donors (Lipinski definition) is 1. The molecule has 0 aliphatic carbocycles. The minimum Gasteiger partial charge on any atom is -0.384 e. The molecular weight excluding hydrogens is 258 g/mol. The van der Waals surface area contributed by atoms with E-state index in [1.807, 2.05) is 30.3 Å². The number of hydrogen-bond acceptors (Lipinski definition) is 3. The van der Waals surface area contributed by atoms with E-state index >= 15 is 0 Å². The van der Waals surface area contributed by atoms with Gasteiger partial charge in [-0.2, -0.15) is 0 Å². The molecule has 0 bridgehead atoms. The second-order valence-electron chi connectivity index (χ2n) is 6.28. The topological polar surface area (TPSA) is 51.8 Å². The Morgan fingerprint density at radius 1 is 0.905 bits per heavy atom. The van der Waals surface area contributed by atoms with Crippen molar-refractivity contribution >= 4 is 16.6 Å². The van der Waals surface area contributed by atoms with Crippen molar-refractivity contribution in [2.45, 2.75) is 26.2 Å². The largest absolute Gasteiger partial charge is 0.384 e. The summed E-state index contributed by atoms with van der Waals surface area (Å²) in [6.45, 7) is 6.38. The molecule has 3 aromatic rings. The fourth-order valence-electron chi connectivity index (χ4n) is 2.39. The van der Waals surface area contributed by atoms with Gasteiger partial charge in [-0.25, -0.2) is 9.97 Å². The number of fused-ring (bicyclic) bond motifs is 1. The summed E-state index contributed by atoms with van der Waals surface area (Å²) in [5, 5.41) is 2.32. The maximum absolute atomic E-state index is 5.99. The van der Waals surface area contributed by atoms with Crippen LogP contribution in [0.3, 0.4) is 0 Å². The molecule has 0 saturated heterocycles. The summed E-state index contributed by atoms with van der Waals surface area (Å²) < 4.78 is 0. The zero-order valence-corrected chi connectivity index (χ0v) is 12.6. The lowest BCUT2D eigenvalue weighted by Crippen LogP contribution is -2.15. The molecule has 0 amide bonds. The lowest BCUT2D eigenvalue weighted by Gasteiger charge is -2.19. The second-order valence-corrected chi connectivity index (χ2v) is 6.28. The fraction of sp³-hybridized carbons (Fsp3) is 0.222. The molecule has 0 spiro atoms. The highest BCUT2D eigenvalue weighted by Crippen LogP contribution is 2.29. The van der Waals surface area contributed by atoms with E-state index in [0.717, 1.165) is 16.6 Å². The quantitative estimate of drug-likeness (QED) is 0.726. The van der Waals surface area contributed by atoms with Gasteiger partial charge < -0.3 is 5.73 Å². The summed E-state index contributed by atoms with van der Waals surface area (Å²) in [6.07, 6.45) is 0. The first-order valence-corrected chi connectivity index (χ1v) is 7.08. The molecule has 1 heterocycles. The summed E-state index contributed by atoms with van der Waals surface area (Å²) in [5.41, 5.74) is 7.90. The molecule has 106 valence electrons. The Labute approximate surface area is 124 Å². The van der Waals surface area contributed by atoms with Crippen molar-refractivity contribution < 1.29 is 0 Å². The highest BCUT2D eigenvalue weighted by Gasteiger charge is 2.18. The van der Waals surface area contributed by atoms with E-state index in [4.69, 9.17) is 10.7 Å². The first kappa shape index (κ1) is 13.6. The van der Waals surface area contributed by atoms with Crippen molar-refractivity contribution in [2.75, 3.05) is 5.73 Å². The molecule has 0 fully saturated rings. The third-order valence-corrected chi connectivity index (χ3v) is 3.54. The number of nitrogens with two attached hydrogens (primary N) is 1. The van der Waals surface area contributed by atoms with Crippen molar-refractivity contribution in [1.29, 1.82) is 0 Å². The number of nitrogen functional groups attached to an aromatic ring is 1. The van der Waals surface area contributed by atoms with Gasteiger partial charge in [-0.05, 0) is 10.8 Å². The molecule has 0 aliphatic rings. The molecule has 0 atom stereocenters. The van der Waals surface area contributed by atoms with Crippen LogP contribution in [0.1, 0.15) is 26.5 Å². The van der Waals surface area contributed by atoms with E-state index in [1.165, 1.54) is 5.39 Å². The van der Waals surface area contributed by atoms with Gasteiger partial charge in [0.2, 0.25) is 0 Å². The van der Waals surface area contributed by atoms with Crippen LogP contribution in [0, 0.1) is 0 Å². The van der Waals surface area contributed by atoms with Crippen molar-refractivity contribution in [2.24, 2.45) is 0 Å². The molecule has 3 rings (SSSR count). The molecule has 0 unspecified atom stereocenters. The standard InChI is InChI=1S/C18H19N3/c1-18(2,3)15-11-16(19)21-17(20-15)14-10-6-8-12-7-4-5-9-13(12)14/h4-11H,1-3H3,(H2,19,20,21). The normalized spacial score (nSPS) is 11.8. The summed E-state index contributed by atoms with van der Waals surface area (Å²) in [4.78, 5) is 9.17. The third-order valence-electron chi connectivity index (χ3n) is 3.54. The van der Waals surface area contributed by atoms with Crippen LogP contribution in [0.25, 0.3) is 22.2 Å². The number of anilines is 1. The van der Waals surface area contributed by atoms with Crippen LogP contribution in [0.15, 0.2) is 48.5 Å². The van der Waals surface area contributed by atoms with E-state index in [0.29, 0.717) is 11.6 Å². The van der Waals surface area contributed by atoms with Crippen LogP contribution in [0.5, 0.6) is 0 Å². The molecule has 2 aromatic carbocycles. The predicted molar refractivity (Wildman–Crippen MR) is 88.1 cm³/mol. The molecule has 3 nitrogen and oxygen atoms in total. The van der Waals surface area contributed by atoms with Gasteiger partial charge in [-0.1, -0.05) is 63.2 Å². The molecular formula is C18H19N3. The van der Waals surface area contributed by atoms with Crippen LogP contribution >= 0.6 is 0 Å². The molecule has 0 saturated carbocycles. The Kier molecular flexibility index (Phi) is 3.13. The molecule has 0 radical (unpaired) electrons. The lowest BCUT2D eigenvalue weighted by molar-refractivity contribution is 0.568. The zero-order chi connectivity index (χ0) is 15.0. The molecule has 21 heavy (non-hydrogen) atoms. The van der Waals surface area contributed by atoms with Gasteiger partial charge in [0, 0.05) is 17.0 Å². The summed E-state index contributed by atoms with van der Waals surface area (Å²) in [7, 11) is 0. The molecule has 3 heteroatoms. The van der Waals surface area contributed by atoms with E-state index in [2.05, 4.69) is 44.0 Å². The average Bonchev–Trinajstić information content (AvgIpc) is 2.45. The summed E-state index contributed by atoms with van der Waals surface area (Å²) in [6, 6.07) is 16.3. The first-order valence-electron chi connectivity index (χ1n) is 7.08. The maximum atomic E-state index is 5.99. The van der Waals surface area contributed by atoms with Crippen LogP contribution in [-0.2, 0) is 5.41 Å². The zero-order valence-electron chi connectivity index (χ0n) is 12.6. The average molecular weight is 277 g/mol. The Bertz CT molecular complexity index is 796. The molecule has 0 aliphatic heterocycles. The highest BCUT2D eigenvalue weighted by atomic mass is 15.0. The van der Waals surface area contributed by atoms with Crippen LogP contribution in [-0.4, -0.2) is 9.97 Å². The Morgan fingerprint density at radius 3 is 2.38 bits per heavy atom. The SMILES string of the molecule is CC(C)(C)c1cc(N)nc(-c2cccc3ccccc23)n1. The van der Waals surface area contributed by atoms with Gasteiger partial charge >= 0.3 is 0 Å². The number of aromatic nitrogens is 2. The van der Waals surface area contributed by atoms with Crippen molar-refractivity contribution in [3.63, 3.8) is 0 Å². The monoisotopic (exact) mass is 277 g/mol. The fourth-order valence-corrected chi connectivity index (χ4v) is 2.39. The van der Waals surface area contributed by atoms with E-state index < -0.39 is 0 Å². The highest BCUT2D eigenvalue weighted by molar-refractivity contribution is 5.95. The predicted octanol–water partition coefficient (Wildman–Crippen LogP) is 4.18. The van der Waals surface area contributed by atoms with E-state index in [1.54, 1.807) is 0 Å². The second kappa shape index (κ2) is 4.85. The van der Waals surface area contributed by atoms with Gasteiger partial charge in [0.15, 0.2) is 5.82 Å². The third kappa shape index (κ3) is 2.59. The van der Waals surface area contributed by atoms with Crippen molar-refractivity contribution in [1.82, 2.24) is 9.97 Å². The van der Waals surface area contributed by atoms with E-state index in [-0.39, 0.29) is 5.41 Å². The summed E-state index contributed by atoms with van der Waals surface area (Å²) >= 11 is 0. The van der Waals surface area contributed by atoms with Gasteiger partial charge in [0.25, 0.3) is 0 Å². The van der Waals surface area contributed by atoms with Gasteiger partial charge in [-0.15, -0.1) is 0 Å². The Morgan fingerprint density at radius 2 is 1.62 bits per heavy atom. The Balaban J connectivity index is 2.26. The molecule has 2 N–H and O–H groups in total. The first-order chi connectivity index (χ1) is 9.95. The molecule has 1 aromatic heterocycles. The van der Waals surface area contributed by atoms with Crippen molar-refractivity contribution in [3.8, 4) is 11.4 Å². The maximum Gasteiger partial charge on any atom is 0.162 e. The van der Waals surface area contributed by atoms with Crippen LogP contribution in [0.4, 0.5) is 5.82 Å². The van der Waals surface area contributed by atoms with Gasteiger partial charge in [-0.3, -0.25) is 0 Å².